The molecule has 0 saturated heterocycles. The van der Waals surface area contributed by atoms with E-state index in [2.05, 4.69) is 10.3 Å². The zero-order valence-electron chi connectivity index (χ0n) is 15.0. The second-order valence-corrected chi connectivity index (χ2v) is 7.32. The zero-order chi connectivity index (χ0) is 18.8. The number of nitrogens with one attached hydrogen (secondary N) is 1. The maximum atomic E-state index is 13.8. The molecule has 0 radical (unpaired) electrons. The molecule has 4 rings (SSSR count). The van der Waals surface area contributed by atoms with Gasteiger partial charge < -0.3 is 5.32 Å². The molecular formula is C21H22FN3O2. The maximum absolute atomic E-state index is 13.8. The Bertz CT molecular complexity index is 850. The number of nitrogens with zero attached hydrogens (tertiary/aromatic N) is 2. The second-order valence-electron chi connectivity index (χ2n) is 7.32. The van der Waals surface area contributed by atoms with Gasteiger partial charge in [-0.25, -0.2) is 9.37 Å². The van der Waals surface area contributed by atoms with Gasteiger partial charge >= 0.3 is 0 Å². The number of pyridine rings is 1. The van der Waals surface area contributed by atoms with E-state index in [4.69, 9.17) is 0 Å². The monoisotopic (exact) mass is 367 g/mol. The summed E-state index contributed by atoms with van der Waals surface area (Å²) in [6.45, 7) is 0. The van der Waals surface area contributed by atoms with Crippen LogP contribution in [0.15, 0.2) is 42.6 Å². The van der Waals surface area contributed by atoms with Crippen molar-refractivity contribution < 1.29 is 14.0 Å². The lowest BCUT2D eigenvalue weighted by atomic mass is 9.96. The Kier molecular flexibility index (Phi) is 4.88. The number of amides is 2. The van der Waals surface area contributed by atoms with Gasteiger partial charge in [-0.05, 0) is 42.2 Å². The molecule has 1 aromatic heterocycles. The molecule has 0 bridgehead atoms. The van der Waals surface area contributed by atoms with Crippen LogP contribution in [-0.2, 0) is 16.0 Å². The molecule has 27 heavy (non-hydrogen) atoms. The van der Waals surface area contributed by atoms with Crippen molar-refractivity contribution in [1.29, 1.82) is 0 Å². The van der Waals surface area contributed by atoms with Crippen LogP contribution in [-0.4, -0.2) is 22.8 Å². The Hall–Kier alpha value is -2.76. The van der Waals surface area contributed by atoms with E-state index in [0.717, 1.165) is 31.2 Å². The van der Waals surface area contributed by atoms with Crippen LogP contribution in [0.3, 0.4) is 0 Å². The van der Waals surface area contributed by atoms with E-state index < -0.39 is 11.9 Å². The van der Waals surface area contributed by atoms with E-state index in [1.807, 2.05) is 0 Å². The average molecular weight is 367 g/mol. The molecule has 1 saturated carbocycles. The number of rotatable bonds is 5. The van der Waals surface area contributed by atoms with Crippen LogP contribution >= 0.6 is 0 Å². The van der Waals surface area contributed by atoms with Gasteiger partial charge in [0.1, 0.15) is 17.7 Å². The average Bonchev–Trinajstić information content (AvgIpc) is 3.27. The van der Waals surface area contributed by atoms with Crippen LogP contribution < -0.4 is 10.2 Å². The number of hydrogen-bond donors (Lipinski definition) is 1. The van der Waals surface area contributed by atoms with Crippen LogP contribution in [0.5, 0.6) is 0 Å². The third-order valence-corrected chi connectivity index (χ3v) is 5.48. The number of benzene rings is 1. The van der Waals surface area contributed by atoms with E-state index >= 15 is 0 Å². The Labute approximate surface area is 157 Å². The molecule has 1 fully saturated rings. The molecule has 2 amide bonds. The smallest absolute Gasteiger partial charge is 0.248 e. The molecule has 1 aromatic carbocycles. The van der Waals surface area contributed by atoms with E-state index in [-0.39, 0.29) is 18.2 Å². The van der Waals surface area contributed by atoms with Gasteiger partial charge in [0.05, 0.1) is 12.1 Å². The highest BCUT2D eigenvalue weighted by atomic mass is 19.1. The first-order valence-electron chi connectivity index (χ1n) is 9.44. The summed E-state index contributed by atoms with van der Waals surface area (Å²) in [6, 6.07) is 8.96. The minimum Gasteiger partial charge on any atom is -0.309 e. The van der Waals surface area contributed by atoms with Crippen molar-refractivity contribution in [2.24, 2.45) is 5.92 Å². The number of hydrogen-bond acceptors (Lipinski definition) is 3. The highest BCUT2D eigenvalue weighted by Gasteiger charge is 2.38. The first-order valence-corrected chi connectivity index (χ1v) is 9.44. The summed E-state index contributed by atoms with van der Waals surface area (Å²) in [5.41, 5.74) is 1.28. The molecule has 1 aliphatic carbocycles. The lowest BCUT2D eigenvalue weighted by Crippen LogP contribution is -2.47. The van der Waals surface area contributed by atoms with Crippen molar-refractivity contribution in [2.75, 3.05) is 10.2 Å². The first-order chi connectivity index (χ1) is 13.1. The summed E-state index contributed by atoms with van der Waals surface area (Å²) >= 11 is 0. The third-order valence-electron chi connectivity index (χ3n) is 5.48. The van der Waals surface area contributed by atoms with Gasteiger partial charge in [0.15, 0.2) is 0 Å². The minimum atomic E-state index is -0.661. The highest BCUT2D eigenvalue weighted by molar-refractivity contribution is 6.08. The number of carbonyl (C=O) groups excluding carboxylic acids is 2. The van der Waals surface area contributed by atoms with Crippen LogP contribution in [0.2, 0.25) is 0 Å². The number of aromatic nitrogens is 1. The number of fused-ring (bicyclic) bond motifs is 1. The molecule has 1 N–H and O–H groups in total. The van der Waals surface area contributed by atoms with Crippen molar-refractivity contribution >= 4 is 23.3 Å². The van der Waals surface area contributed by atoms with Gasteiger partial charge in [0.25, 0.3) is 0 Å². The van der Waals surface area contributed by atoms with E-state index in [9.17, 15) is 14.0 Å². The molecule has 1 atom stereocenters. The van der Waals surface area contributed by atoms with Gasteiger partial charge in [-0.15, -0.1) is 0 Å². The number of carbonyl (C=O) groups is 2. The fourth-order valence-electron chi connectivity index (χ4n) is 4.17. The number of halogens is 1. The normalized spacial score (nSPS) is 17.8. The van der Waals surface area contributed by atoms with E-state index in [0.29, 0.717) is 23.8 Å². The lowest BCUT2D eigenvalue weighted by Gasteiger charge is -2.29. The van der Waals surface area contributed by atoms with Crippen molar-refractivity contribution in [3.63, 3.8) is 0 Å². The molecule has 2 aromatic rings. The summed E-state index contributed by atoms with van der Waals surface area (Å²) in [6.07, 6.45) is 6.81. The largest absolute Gasteiger partial charge is 0.309 e. The minimum absolute atomic E-state index is 0.158. The first kappa shape index (κ1) is 17.6. The Balaban J connectivity index is 1.64. The molecule has 2 heterocycles. The standard InChI is InChI=1S/C21H22FN3O2/c22-16-9-8-15-12-20(26)25(17(15)13-16)18(11-14-5-1-2-6-14)21(27)24-19-7-3-4-10-23-19/h3-4,7-10,13-14,18H,1-2,5-6,11-12H2,(H,23,24,27). The summed E-state index contributed by atoms with van der Waals surface area (Å²) in [5, 5.41) is 2.82. The van der Waals surface area contributed by atoms with Gasteiger partial charge in [0, 0.05) is 6.20 Å². The van der Waals surface area contributed by atoms with Crippen molar-refractivity contribution in [2.45, 2.75) is 44.6 Å². The topological polar surface area (TPSA) is 62.3 Å². The predicted molar refractivity (Wildman–Crippen MR) is 101 cm³/mol. The van der Waals surface area contributed by atoms with Crippen molar-refractivity contribution in [3.05, 3.63) is 54.0 Å². The quantitative estimate of drug-likeness (QED) is 0.877. The summed E-state index contributed by atoms with van der Waals surface area (Å²) in [7, 11) is 0. The van der Waals surface area contributed by atoms with Crippen LogP contribution in [0, 0.1) is 11.7 Å². The summed E-state index contributed by atoms with van der Waals surface area (Å²) in [4.78, 5) is 31.4. The van der Waals surface area contributed by atoms with Crippen LogP contribution in [0.1, 0.15) is 37.7 Å². The molecule has 1 aliphatic heterocycles. The van der Waals surface area contributed by atoms with Gasteiger partial charge in [-0.2, -0.15) is 0 Å². The molecule has 6 heteroatoms. The van der Waals surface area contributed by atoms with Crippen molar-refractivity contribution in [1.82, 2.24) is 4.98 Å². The van der Waals surface area contributed by atoms with Crippen molar-refractivity contribution in [3.8, 4) is 0 Å². The van der Waals surface area contributed by atoms with E-state index in [1.54, 1.807) is 30.5 Å². The highest BCUT2D eigenvalue weighted by Crippen LogP contribution is 2.36. The lowest BCUT2D eigenvalue weighted by molar-refractivity contribution is -0.123. The van der Waals surface area contributed by atoms with E-state index in [1.165, 1.54) is 17.0 Å². The van der Waals surface area contributed by atoms with Crippen LogP contribution in [0.25, 0.3) is 0 Å². The van der Waals surface area contributed by atoms with Crippen LogP contribution in [0.4, 0.5) is 15.9 Å². The summed E-state index contributed by atoms with van der Waals surface area (Å²) < 4.78 is 13.8. The Morgan fingerprint density at radius 1 is 1.26 bits per heavy atom. The Morgan fingerprint density at radius 3 is 2.81 bits per heavy atom. The molecule has 140 valence electrons. The SMILES string of the molecule is O=C(Nc1ccccn1)C(CC1CCCC1)N1C(=O)Cc2ccc(F)cc21. The predicted octanol–water partition coefficient (Wildman–Crippen LogP) is 3.70. The second kappa shape index (κ2) is 7.47. The fraction of sp³-hybridized carbons (Fsp3) is 0.381. The number of anilines is 2. The van der Waals surface area contributed by atoms with Gasteiger partial charge in [-0.3, -0.25) is 14.5 Å². The molecule has 2 aliphatic rings. The molecular weight excluding hydrogens is 345 g/mol. The molecule has 0 spiro atoms. The summed E-state index contributed by atoms with van der Waals surface area (Å²) in [5.74, 6) is 0.0129. The maximum Gasteiger partial charge on any atom is 0.248 e. The zero-order valence-corrected chi connectivity index (χ0v) is 15.0. The van der Waals surface area contributed by atoms with Gasteiger partial charge in [-0.1, -0.05) is 37.8 Å². The third kappa shape index (κ3) is 3.70. The Morgan fingerprint density at radius 2 is 2.07 bits per heavy atom. The fourth-order valence-corrected chi connectivity index (χ4v) is 4.17. The molecule has 5 nitrogen and oxygen atoms in total. The molecule has 1 unspecified atom stereocenters. The van der Waals surface area contributed by atoms with Gasteiger partial charge in [0.2, 0.25) is 11.8 Å².